The average Bonchev–Trinajstić information content (AvgIpc) is 2.12. The summed E-state index contributed by atoms with van der Waals surface area (Å²) in [6, 6.07) is 11.6. The van der Waals surface area contributed by atoms with E-state index in [1.165, 1.54) is 0 Å². The Labute approximate surface area is 75.2 Å². The topological polar surface area (TPSA) is 20.2 Å². The van der Waals surface area contributed by atoms with E-state index in [1.54, 1.807) is 6.07 Å². The largest absolute Gasteiger partial charge is 0.507 e. The molecular weight excluding hydrogens is 172 g/mol. The van der Waals surface area contributed by atoms with Gasteiger partial charge in [0, 0.05) is 21.9 Å². The fourth-order valence-corrected chi connectivity index (χ4v) is 1.40. The minimum Gasteiger partial charge on any atom is -0.507 e. The summed E-state index contributed by atoms with van der Waals surface area (Å²) in [4.78, 5) is 0. The number of fused-ring (bicyclic) bond motifs is 1. The van der Waals surface area contributed by atoms with Crippen molar-refractivity contribution in [2.45, 2.75) is 0 Å². The molecule has 0 aromatic heterocycles. The van der Waals surface area contributed by atoms with Gasteiger partial charge in [-0.25, -0.2) is 0 Å². The van der Waals surface area contributed by atoms with Crippen molar-refractivity contribution in [1.82, 2.24) is 0 Å². The van der Waals surface area contributed by atoms with Crippen molar-refractivity contribution < 1.29 is 5.11 Å². The van der Waals surface area contributed by atoms with Gasteiger partial charge >= 0.3 is 0 Å². The third-order valence-corrected chi connectivity index (χ3v) is 2.09. The van der Waals surface area contributed by atoms with Crippen LogP contribution in [0.5, 0.6) is 5.75 Å². The molecule has 59 valence electrons. The lowest BCUT2D eigenvalue weighted by Crippen LogP contribution is -1.74. The van der Waals surface area contributed by atoms with Gasteiger partial charge in [-0.3, -0.25) is 0 Å². The Morgan fingerprint density at radius 1 is 1.17 bits per heavy atom. The zero-order valence-electron chi connectivity index (χ0n) is 6.21. The number of aromatic hydroxyl groups is 1. The lowest BCUT2D eigenvalue weighted by molar-refractivity contribution is 0.480. The van der Waals surface area contributed by atoms with Crippen molar-refractivity contribution in [1.29, 1.82) is 0 Å². The van der Waals surface area contributed by atoms with E-state index in [0.717, 1.165) is 10.8 Å². The standard InChI is InChI=1S/C10H6ClO/c11-9-5-6-10(12)8-4-2-1-3-7(8)9/h1-5,12H. The molecular formula is C10H6ClO. The zero-order chi connectivity index (χ0) is 8.55. The zero-order valence-corrected chi connectivity index (χ0v) is 6.97. The molecule has 2 aromatic carbocycles. The number of phenols is 1. The summed E-state index contributed by atoms with van der Waals surface area (Å²) in [7, 11) is 0. The number of hydrogen-bond donors (Lipinski definition) is 1. The number of halogens is 1. The average molecular weight is 178 g/mol. The number of hydrogen-bond acceptors (Lipinski definition) is 1. The van der Waals surface area contributed by atoms with Crippen molar-refractivity contribution in [3.63, 3.8) is 0 Å². The lowest BCUT2D eigenvalue weighted by Gasteiger charge is -2.00. The molecule has 0 unspecified atom stereocenters. The van der Waals surface area contributed by atoms with Gasteiger partial charge in [-0.2, -0.15) is 0 Å². The lowest BCUT2D eigenvalue weighted by atomic mass is 10.1. The Bertz CT molecular complexity index is 383. The van der Waals surface area contributed by atoms with E-state index < -0.39 is 0 Å². The number of benzene rings is 2. The molecule has 0 aliphatic rings. The van der Waals surface area contributed by atoms with Crippen LogP contribution in [-0.2, 0) is 0 Å². The van der Waals surface area contributed by atoms with Gasteiger partial charge in [0.25, 0.3) is 0 Å². The first-order valence-corrected chi connectivity index (χ1v) is 3.95. The summed E-state index contributed by atoms with van der Waals surface area (Å²) in [5.41, 5.74) is 0. The molecule has 0 amide bonds. The van der Waals surface area contributed by atoms with Crippen molar-refractivity contribution in [2.75, 3.05) is 0 Å². The summed E-state index contributed by atoms with van der Waals surface area (Å²) < 4.78 is 0. The van der Waals surface area contributed by atoms with Crippen LogP contribution >= 0.6 is 11.6 Å². The van der Waals surface area contributed by atoms with Crippen LogP contribution in [0.3, 0.4) is 0 Å². The summed E-state index contributed by atoms with van der Waals surface area (Å²) in [5, 5.41) is 11.6. The van der Waals surface area contributed by atoms with Gasteiger partial charge in [0.05, 0.1) is 0 Å². The molecule has 1 nitrogen and oxygen atoms in total. The molecule has 0 fully saturated rings. The second-order valence-electron chi connectivity index (χ2n) is 2.53. The first kappa shape index (κ1) is 7.44. The maximum atomic E-state index is 9.38. The van der Waals surface area contributed by atoms with Crippen molar-refractivity contribution >= 4 is 22.4 Å². The van der Waals surface area contributed by atoms with E-state index in [-0.39, 0.29) is 5.75 Å². The number of phenolic OH excluding ortho intramolecular Hbond substituents is 1. The second kappa shape index (κ2) is 2.68. The highest BCUT2D eigenvalue weighted by molar-refractivity contribution is 6.35. The smallest absolute Gasteiger partial charge is 0.131 e. The first-order chi connectivity index (χ1) is 5.79. The third-order valence-electron chi connectivity index (χ3n) is 1.78. The Morgan fingerprint density at radius 3 is 2.50 bits per heavy atom. The van der Waals surface area contributed by atoms with Gasteiger partial charge in [0.2, 0.25) is 0 Å². The molecule has 0 saturated carbocycles. The van der Waals surface area contributed by atoms with Gasteiger partial charge < -0.3 is 5.11 Å². The monoisotopic (exact) mass is 177 g/mol. The highest BCUT2D eigenvalue weighted by Gasteiger charge is 2.01. The molecule has 2 heteroatoms. The van der Waals surface area contributed by atoms with Crippen LogP contribution in [0.1, 0.15) is 0 Å². The Balaban J connectivity index is 2.95. The van der Waals surface area contributed by atoms with E-state index in [4.69, 9.17) is 11.6 Å². The Morgan fingerprint density at radius 2 is 1.83 bits per heavy atom. The van der Waals surface area contributed by atoms with Gasteiger partial charge in [0.1, 0.15) is 5.75 Å². The van der Waals surface area contributed by atoms with Gasteiger partial charge in [-0.1, -0.05) is 35.9 Å². The van der Waals surface area contributed by atoms with Crippen LogP contribution in [0.15, 0.2) is 30.3 Å². The first-order valence-electron chi connectivity index (χ1n) is 3.57. The molecule has 0 atom stereocenters. The highest BCUT2D eigenvalue weighted by Crippen LogP contribution is 2.29. The van der Waals surface area contributed by atoms with Crippen LogP contribution in [0, 0.1) is 6.07 Å². The molecule has 0 bridgehead atoms. The highest BCUT2D eigenvalue weighted by atomic mass is 35.5. The molecule has 0 aliphatic heterocycles. The maximum absolute atomic E-state index is 9.38. The molecule has 1 radical (unpaired) electrons. The van der Waals surface area contributed by atoms with E-state index in [2.05, 4.69) is 6.07 Å². The van der Waals surface area contributed by atoms with Crippen LogP contribution in [0.2, 0.25) is 5.02 Å². The quantitative estimate of drug-likeness (QED) is 0.656. The summed E-state index contributed by atoms with van der Waals surface area (Å²) in [5.74, 6) is 0.148. The van der Waals surface area contributed by atoms with Crippen molar-refractivity contribution in [3.8, 4) is 5.75 Å². The maximum Gasteiger partial charge on any atom is 0.131 e. The Kier molecular flexibility index (Phi) is 1.66. The molecule has 0 aliphatic carbocycles. The predicted octanol–water partition coefficient (Wildman–Crippen LogP) is 3.00. The van der Waals surface area contributed by atoms with Crippen LogP contribution in [-0.4, -0.2) is 5.11 Å². The van der Waals surface area contributed by atoms with Crippen molar-refractivity contribution in [3.05, 3.63) is 41.4 Å². The SMILES string of the molecule is Oc1[c]cc(Cl)c2ccccc12. The van der Waals surface area contributed by atoms with Gasteiger partial charge in [-0.15, -0.1) is 0 Å². The molecule has 12 heavy (non-hydrogen) atoms. The summed E-state index contributed by atoms with van der Waals surface area (Å²) in [6.07, 6.45) is 0. The second-order valence-corrected chi connectivity index (χ2v) is 2.94. The molecule has 1 N–H and O–H groups in total. The van der Waals surface area contributed by atoms with E-state index >= 15 is 0 Å². The minimum atomic E-state index is 0.148. The molecule has 0 spiro atoms. The minimum absolute atomic E-state index is 0.148. The fourth-order valence-electron chi connectivity index (χ4n) is 1.19. The van der Waals surface area contributed by atoms with Crippen LogP contribution in [0.4, 0.5) is 0 Å². The summed E-state index contributed by atoms with van der Waals surface area (Å²) >= 11 is 5.89. The normalized spacial score (nSPS) is 10.4. The van der Waals surface area contributed by atoms with Crippen molar-refractivity contribution in [2.24, 2.45) is 0 Å². The predicted molar refractivity (Wildman–Crippen MR) is 49.5 cm³/mol. The molecule has 0 saturated heterocycles. The summed E-state index contributed by atoms with van der Waals surface area (Å²) in [6.45, 7) is 0. The Hall–Kier alpha value is -1.21. The van der Waals surface area contributed by atoms with E-state index in [1.807, 2.05) is 24.3 Å². The van der Waals surface area contributed by atoms with E-state index in [9.17, 15) is 5.11 Å². The van der Waals surface area contributed by atoms with Crippen LogP contribution in [0.25, 0.3) is 10.8 Å². The van der Waals surface area contributed by atoms with E-state index in [0.29, 0.717) is 5.02 Å². The fraction of sp³-hybridized carbons (Fsp3) is 0. The number of rotatable bonds is 0. The van der Waals surface area contributed by atoms with Crippen LogP contribution < -0.4 is 0 Å². The molecule has 2 rings (SSSR count). The van der Waals surface area contributed by atoms with Gasteiger partial charge in [0.15, 0.2) is 0 Å². The van der Waals surface area contributed by atoms with Gasteiger partial charge in [-0.05, 0) is 6.07 Å². The third kappa shape index (κ3) is 1.03. The molecule has 0 heterocycles. The molecule has 2 aromatic rings.